The maximum absolute atomic E-state index is 11.5. The molecule has 18 heavy (non-hydrogen) atoms. The topological polar surface area (TPSA) is 93.1 Å². The summed E-state index contributed by atoms with van der Waals surface area (Å²) >= 11 is 0. The van der Waals surface area contributed by atoms with Gasteiger partial charge in [-0.05, 0) is 23.3 Å². The zero-order valence-electron chi connectivity index (χ0n) is 10.1. The number of carbonyl (C=O) groups excluding carboxylic acids is 2. The van der Waals surface area contributed by atoms with E-state index in [0.29, 0.717) is 0 Å². The molecule has 0 aromatic heterocycles. The van der Waals surface area contributed by atoms with E-state index >= 15 is 0 Å². The summed E-state index contributed by atoms with van der Waals surface area (Å²) in [5.74, 6) is -1.35. The molecule has 1 rings (SSSR count). The van der Waals surface area contributed by atoms with Crippen molar-refractivity contribution in [1.29, 1.82) is 0 Å². The minimum Gasteiger partial charge on any atom is -0.465 e. The molecule has 0 amide bonds. The molecule has 0 fully saturated rings. The Hall–Kier alpha value is -1.92. The van der Waals surface area contributed by atoms with E-state index in [4.69, 9.17) is 10.2 Å². The molecule has 0 aliphatic heterocycles. The molecule has 0 heterocycles. The van der Waals surface area contributed by atoms with Crippen molar-refractivity contribution >= 4 is 11.9 Å². The van der Waals surface area contributed by atoms with Crippen LogP contribution in [-0.4, -0.2) is 36.4 Å². The molecule has 0 radical (unpaired) electrons. The molecule has 98 valence electrons. The van der Waals surface area contributed by atoms with E-state index in [1.54, 1.807) is 0 Å². The van der Waals surface area contributed by atoms with Crippen LogP contribution in [0.2, 0.25) is 0 Å². The first-order chi connectivity index (χ1) is 8.58. The number of ether oxygens (including phenoxy) is 2. The average Bonchev–Trinajstić information content (AvgIpc) is 2.43. The molecule has 0 unspecified atom stereocenters. The molecular weight excluding hydrogens is 240 g/mol. The number of rotatable bonds is 4. The predicted molar refractivity (Wildman–Crippen MR) is 61.0 cm³/mol. The van der Waals surface area contributed by atoms with Gasteiger partial charge >= 0.3 is 11.9 Å². The Morgan fingerprint density at radius 2 is 1.33 bits per heavy atom. The maximum Gasteiger partial charge on any atom is 0.338 e. The van der Waals surface area contributed by atoms with Crippen molar-refractivity contribution in [1.82, 2.24) is 0 Å². The smallest absolute Gasteiger partial charge is 0.338 e. The molecule has 0 saturated heterocycles. The van der Waals surface area contributed by atoms with E-state index in [2.05, 4.69) is 9.47 Å². The van der Waals surface area contributed by atoms with Gasteiger partial charge in [0, 0.05) is 0 Å². The summed E-state index contributed by atoms with van der Waals surface area (Å²) in [4.78, 5) is 23.0. The van der Waals surface area contributed by atoms with Crippen LogP contribution in [-0.2, 0) is 22.7 Å². The van der Waals surface area contributed by atoms with Crippen molar-refractivity contribution in [2.75, 3.05) is 14.2 Å². The number of benzene rings is 1. The lowest BCUT2D eigenvalue weighted by atomic mass is 9.99. The number of carbonyl (C=O) groups is 2. The lowest BCUT2D eigenvalue weighted by Crippen LogP contribution is -2.12. The minimum absolute atomic E-state index is 0.0672. The van der Waals surface area contributed by atoms with Crippen LogP contribution in [0.1, 0.15) is 31.8 Å². The molecule has 1 aromatic rings. The zero-order chi connectivity index (χ0) is 13.7. The third-order valence-corrected chi connectivity index (χ3v) is 2.48. The highest BCUT2D eigenvalue weighted by Gasteiger charge is 2.19. The summed E-state index contributed by atoms with van der Waals surface area (Å²) in [6, 6.07) is 2.62. The highest BCUT2D eigenvalue weighted by atomic mass is 16.5. The van der Waals surface area contributed by atoms with Gasteiger partial charge in [0.2, 0.25) is 0 Å². The summed E-state index contributed by atoms with van der Waals surface area (Å²) in [5, 5.41) is 18.3. The van der Waals surface area contributed by atoms with E-state index < -0.39 is 25.2 Å². The summed E-state index contributed by atoms with van der Waals surface area (Å²) < 4.78 is 9.11. The lowest BCUT2D eigenvalue weighted by molar-refractivity contribution is 0.0594. The summed E-state index contributed by atoms with van der Waals surface area (Å²) in [6.45, 7) is -0.808. The zero-order valence-corrected chi connectivity index (χ0v) is 10.1. The first kappa shape index (κ1) is 14.1. The van der Waals surface area contributed by atoms with Crippen LogP contribution >= 0.6 is 0 Å². The van der Waals surface area contributed by atoms with Crippen LogP contribution in [0, 0.1) is 0 Å². The van der Waals surface area contributed by atoms with Crippen molar-refractivity contribution in [3.8, 4) is 0 Å². The van der Waals surface area contributed by atoms with Crippen LogP contribution < -0.4 is 0 Å². The largest absolute Gasteiger partial charge is 0.465 e. The van der Waals surface area contributed by atoms with E-state index in [9.17, 15) is 9.59 Å². The van der Waals surface area contributed by atoms with Gasteiger partial charge in [0.15, 0.2) is 0 Å². The summed E-state index contributed by atoms with van der Waals surface area (Å²) in [5.41, 5.74) is 0.687. The Bertz CT molecular complexity index is 427. The molecule has 0 saturated carbocycles. The molecule has 0 atom stereocenters. The summed E-state index contributed by atoms with van der Waals surface area (Å²) in [6.07, 6.45) is 0. The third-order valence-electron chi connectivity index (χ3n) is 2.48. The second-order valence-corrected chi connectivity index (χ2v) is 3.47. The average molecular weight is 254 g/mol. The van der Waals surface area contributed by atoms with Crippen molar-refractivity contribution in [3.05, 3.63) is 34.4 Å². The molecule has 2 N–H and O–H groups in total. The first-order valence-corrected chi connectivity index (χ1v) is 5.13. The minimum atomic E-state index is -0.673. The van der Waals surface area contributed by atoms with Gasteiger partial charge < -0.3 is 19.7 Å². The Balaban J connectivity index is 3.43. The lowest BCUT2D eigenvalue weighted by Gasteiger charge is -2.11. The number of hydrogen-bond acceptors (Lipinski definition) is 6. The normalized spacial score (nSPS) is 10.0. The van der Waals surface area contributed by atoms with E-state index in [1.807, 2.05) is 0 Å². The molecule has 0 aliphatic rings. The van der Waals surface area contributed by atoms with E-state index in [-0.39, 0.29) is 22.3 Å². The quantitative estimate of drug-likeness (QED) is 0.748. The SMILES string of the molecule is COC(=O)c1cc(C(=O)OC)c(CO)cc1CO. The molecular formula is C12H14O6. The number of aliphatic hydroxyl groups excluding tert-OH is 2. The molecule has 0 aliphatic carbocycles. The fourth-order valence-electron chi connectivity index (χ4n) is 1.56. The van der Waals surface area contributed by atoms with Crippen LogP contribution in [0.5, 0.6) is 0 Å². The Labute approximate surface area is 104 Å². The third kappa shape index (κ3) is 2.66. The molecule has 1 aromatic carbocycles. The Kier molecular flexibility index (Phi) is 4.82. The van der Waals surface area contributed by atoms with Crippen molar-refractivity contribution in [3.63, 3.8) is 0 Å². The van der Waals surface area contributed by atoms with Gasteiger partial charge in [0.05, 0.1) is 38.6 Å². The van der Waals surface area contributed by atoms with Crippen LogP contribution in [0.15, 0.2) is 12.1 Å². The van der Waals surface area contributed by atoms with Gasteiger partial charge in [-0.1, -0.05) is 0 Å². The first-order valence-electron chi connectivity index (χ1n) is 5.13. The molecule has 6 heteroatoms. The van der Waals surface area contributed by atoms with Gasteiger partial charge in [-0.3, -0.25) is 0 Å². The van der Waals surface area contributed by atoms with Crippen molar-refractivity contribution in [2.45, 2.75) is 13.2 Å². The van der Waals surface area contributed by atoms with Gasteiger partial charge in [-0.2, -0.15) is 0 Å². The second kappa shape index (κ2) is 6.13. The van der Waals surface area contributed by atoms with Crippen molar-refractivity contribution < 1.29 is 29.3 Å². The van der Waals surface area contributed by atoms with Gasteiger partial charge in [-0.15, -0.1) is 0 Å². The van der Waals surface area contributed by atoms with E-state index in [0.717, 1.165) is 0 Å². The maximum atomic E-state index is 11.5. The monoisotopic (exact) mass is 254 g/mol. The van der Waals surface area contributed by atoms with Crippen LogP contribution in [0.25, 0.3) is 0 Å². The van der Waals surface area contributed by atoms with Crippen molar-refractivity contribution in [2.24, 2.45) is 0 Å². The van der Waals surface area contributed by atoms with Gasteiger partial charge in [0.1, 0.15) is 0 Å². The molecule has 0 spiro atoms. The molecule has 6 nitrogen and oxygen atoms in total. The number of esters is 2. The van der Waals surface area contributed by atoms with E-state index in [1.165, 1.54) is 26.4 Å². The van der Waals surface area contributed by atoms with Crippen LogP contribution in [0.3, 0.4) is 0 Å². The number of methoxy groups -OCH3 is 2. The predicted octanol–water partition coefficient (Wildman–Crippen LogP) is 0.244. The number of hydrogen-bond donors (Lipinski definition) is 2. The fraction of sp³-hybridized carbons (Fsp3) is 0.333. The standard InChI is InChI=1S/C12H14O6/c1-17-11(15)9-4-10(12(16)18-2)8(6-14)3-7(9)5-13/h3-4,13-14H,5-6H2,1-2H3. The Morgan fingerprint density at radius 1 is 0.944 bits per heavy atom. The highest BCUT2D eigenvalue weighted by molar-refractivity contribution is 5.97. The van der Waals surface area contributed by atoms with Gasteiger partial charge in [0.25, 0.3) is 0 Å². The van der Waals surface area contributed by atoms with Gasteiger partial charge in [-0.25, -0.2) is 9.59 Å². The Morgan fingerprint density at radius 3 is 1.61 bits per heavy atom. The molecule has 0 bridgehead atoms. The fourth-order valence-corrected chi connectivity index (χ4v) is 1.56. The highest BCUT2D eigenvalue weighted by Crippen LogP contribution is 2.19. The number of aliphatic hydroxyl groups is 2. The second-order valence-electron chi connectivity index (χ2n) is 3.47. The van der Waals surface area contributed by atoms with Crippen LogP contribution in [0.4, 0.5) is 0 Å². The summed E-state index contributed by atoms with van der Waals surface area (Å²) in [7, 11) is 2.39.